The van der Waals surface area contributed by atoms with Crippen molar-refractivity contribution in [3.05, 3.63) is 48.0 Å². The van der Waals surface area contributed by atoms with E-state index in [2.05, 4.69) is 12.6 Å². The number of fused-ring (bicyclic) bond motifs is 1. The lowest BCUT2D eigenvalue weighted by molar-refractivity contribution is 0.0929. The van der Waals surface area contributed by atoms with Gasteiger partial charge in [0.25, 0.3) is 0 Å². The number of ketones is 1. The maximum absolute atomic E-state index is 12.0. The normalized spacial score (nSPS) is 18.9. The summed E-state index contributed by atoms with van der Waals surface area (Å²) in [6.07, 6.45) is 5.95. The Bertz CT molecular complexity index is 379. The molecule has 0 radical (unpaired) electrons. The van der Waals surface area contributed by atoms with Crippen molar-refractivity contribution in [2.45, 2.75) is 25.7 Å². The maximum Gasteiger partial charge on any atom is 0.166 e. The molecule has 0 N–H and O–H groups in total. The molecule has 0 amide bonds. The topological polar surface area (TPSA) is 17.1 Å². The zero-order valence-electron chi connectivity index (χ0n) is 8.91. The summed E-state index contributed by atoms with van der Waals surface area (Å²) in [7, 11) is 0. The Labute approximate surface area is 90.8 Å². The molecule has 0 saturated heterocycles. The van der Waals surface area contributed by atoms with Crippen LogP contribution in [0.2, 0.25) is 0 Å². The summed E-state index contributed by atoms with van der Waals surface area (Å²) < 4.78 is 0. The van der Waals surface area contributed by atoms with Gasteiger partial charge in [0.1, 0.15) is 0 Å². The van der Waals surface area contributed by atoms with Gasteiger partial charge in [0.2, 0.25) is 0 Å². The highest BCUT2D eigenvalue weighted by molar-refractivity contribution is 6.02. The smallest absolute Gasteiger partial charge is 0.166 e. The lowest BCUT2D eigenvalue weighted by Gasteiger charge is -2.05. The molecular formula is C14H16O. The molecule has 0 spiro atoms. The highest BCUT2D eigenvalue weighted by atomic mass is 16.1. The van der Waals surface area contributed by atoms with Gasteiger partial charge in [-0.3, -0.25) is 4.79 Å². The molecule has 0 heterocycles. The molecular weight excluding hydrogens is 184 g/mol. The number of carbonyl (C=O) groups excluding carboxylic acids is 1. The fourth-order valence-electron chi connectivity index (χ4n) is 2.26. The van der Waals surface area contributed by atoms with Crippen molar-refractivity contribution in [2.75, 3.05) is 0 Å². The fourth-order valence-corrected chi connectivity index (χ4v) is 2.26. The lowest BCUT2D eigenvalue weighted by atomic mass is 9.98. The molecule has 1 atom stereocenters. The molecule has 1 aliphatic rings. The Balaban J connectivity index is 2.03. The van der Waals surface area contributed by atoms with Crippen LogP contribution >= 0.6 is 0 Å². The van der Waals surface area contributed by atoms with E-state index in [1.54, 1.807) is 0 Å². The van der Waals surface area contributed by atoms with E-state index in [9.17, 15) is 4.79 Å². The van der Waals surface area contributed by atoms with Crippen LogP contribution in [-0.2, 0) is 6.42 Å². The first kappa shape index (κ1) is 10.2. The van der Waals surface area contributed by atoms with Gasteiger partial charge in [-0.05, 0) is 31.2 Å². The van der Waals surface area contributed by atoms with Gasteiger partial charge in [-0.25, -0.2) is 0 Å². The summed E-state index contributed by atoms with van der Waals surface area (Å²) in [6.45, 7) is 3.70. The molecule has 0 aliphatic heterocycles. The Morgan fingerprint density at radius 1 is 1.40 bits per heavy atom. The minimum Gasteiger partial charge on any atom is -0.294 e. The standard InChI is InChI=1S/C14H16O/c1-2-3-4-8-12-10-11-7-5-6-9-13(11)14(12)15/h2,5-7,9,12H,1,3-4,8,10H2. The van der Waals surface area contributed by atoms with Crippen LogP contribution in [0.5, 0.6) is 0 Å². The van der Waals surface area contributed by atoms with Crippen LogP contribution in [-0.4, -0.2) is 5.78 Å². The Kier molecular flexibility index (Phi) is 3.00. The van der Waals surface area contributed by atoms with Gasteiger partial charge in [-0.2, -0.15) is 0 Å². The average molecular weight is 200 g/mol. The van der Waals surface area contributed by atoms with Gasteiger partial charge >= 0.3 is 0 Å². The summed E-state index contributed by atoms with van der Waals surface area (Å²) in [5, 5.41) is 0. The molecule has 0 saturated carbocycles. The second-order valence-corrected chi connectivity index (χ2v) is 4.14. The zero-order valence-corrected chi connectivity index (χ0v) is 8.91. The summed E-state index contributed by atoms with van der Waals surface area (Å²) >= 11 is 0. The van der Waals surface area contributed by atoms with Gasteiger partial charge in [-0.15, -0.1) is 6.58 Å². The average Bonchev–Trinajstić information content (AvgIpc) is 2.57. The number of unbranched alkanes of at least 4 members (excludes halogenated alkanes) is 1. The van der Waals surface area contributed by atoms with E-state index in [-0.39, 0.29) is 5.92 Å². The number of Topliss-reactive ketones (excluding diaryl/α,β-unsaturated/α-hetero) is 1. The summed E-state index contributed by atoms with van der Waals surface area (Å²) in [5.74, 6) is 0.567. The predicted octanol–water partition coefficient (Wildman–Crippen LogP) is 3.40. The molecule has 0 aromatic heterocycles. The van der Waals surface area contributed by atoms with Crippen molar-refractivity contribution >= 4 is 5.78 Å². The van der Waals surface area contributed by atoms with Crippen molar-refractivity contribution in [1.82, 2.24) is 0 Å². The molecule has 2 rings (SSSR count). The first-order valence-corrected chi connectivity index (χ1v) is 5.56. The second kappa shape index (κ2) is 4.43. The number of benzene rings is 1. The van der Waals surface area contributed by atoms with E-state index in [1.807, 2.05) is 24.3 Å². The monoisotopic (exact) mass is 200 g/mol. The molecule has 78 valence electrons. The third-order valence-electron chi connectivity index (χ3n) is 3.08. The Hall–Kier alpha value is -1.37. The second-order valence-electron chi connectivity index (χ2n) is 4.14. The largest absolute Gasteiger partial charge is 0.294 e. The van der Waals surface area contributed by atoms with Crippen LogP contribution in [0.25, 0.3) is 0 Å². The minimum absolute atomic E-state index is 0.224. The van der Waals surface area contributed by atoms with E-state index < -0.39 is 0 Å². The van der Waals surface area contributed by atoms with Crippen LogP contribution in [0.15, 0.2) is 36.9 Å². The first-order valence-electron chi connectivity index (χ1n) is 5.56. The van der Waals surface area contributed by atoms with Crippen molar-refractivity contribution < 1.29 is 4.79 Å². The van der Waals surface area contributed by atoms with Gasteiger partial charge in [0.15, 0.2) is 5.78 Å². The minimum atomic E-state index is 0.224. The molecule has 0 fully saturated rings. The van der Waals surface area contributed by atoms with E-state index in [0.717, 1.165) is 31.2 Å². The van der Waals surface area contributed by atoms with E-state index in [4.69, 9.17) is 0 Å². The summed E-state index contributed by atoms with van der Waals surface area (Å²) in [5.41, 5.74) is 2.17. The Morgan fingerprint density at radius 2 is 2.20 bits per heavy atom. The molecule has 1 heteroatoms. The van der Waals surface area contributed by atoms with Crippen LogP contribution in [0, 0.1) is 5.92 Å². The molecule has 1 nitrogen and oxygen atoms in total. The molecule has 15 heavy (non-hydrogen) atoms. The van der Waals surface area contributed by atoms with Crippen molar-refractivity contribution in [3.63, 3.8) is 0 Å². The summed E-state index contributed by atoms with van der Waals surface area (Å²) in [4.78, 5) is 12.0. The van der Waals surface area contributed by atoms with Crippen molar-refractivity contribution in [1.29, 1.82) is 0 Å². The van der Waals surface area contributed by atoms with Crippen LogP contribution < -0.4 is 0 Å². The highest BCUT2D eigenvalue weighted by Gasteiger charge is 2.28. The van der Waals surface area contributed by atoms with Gasteiger partial charge in [0, 0.05) is 11.5 Å². The Morgan fingerprint density at radius 3 is 2.93 bits per heavy atom. The molecule has 1 unspecified atom stereocenters. The quantitative estimate of drug-likeness (QED) is 0.537. The SMILES string of the molecule is C=CCCCC1Cc2ccccc2C1=O. The van der Waals surface area contributed by atoms with E-state index >= 15 is 0 Å². The molecule has 1 aromatic carbocycles. The predicted molar refractivity (Wildman–Crippen MR) is 62.0 cm³/mol. The maximum atomic E-state index is 12.0. The highest BCUT2D eigenvalue weighted by Crippen LogP contribution is 2.29. The molecule has 1 aliphatic carbocycles. The number of hydrogen-bond acceptors (Lipinski definition) is 1. The van der Waals surface area contributed by atoms with Crippen molar-refractivity contribution in [2.24, 2.45) is 5.92 Å². The van der Waals surface area contributed by atoms with Gasteiger partial charge in [0.05, 0.1) is 0 Å². The zero-order chi connectivity index (χ0) is 10.7. The van der Waals surface area contributed by atoms with E-state index in [1.165, 1.54) is 5.56 Å². The van der Waals surface area contributed by atoms with Crippen molar-refractivity contribution in [3.8, 4) is 0 Å². The fraction of sp³-hybridized carbons (Fsp3) is 0.357. The third kappa shape index (κ3) is 2.01. The number of rotatable bonds is 4. The van der Waals surface area contributed by atoms with Gasteiger partial charge in [-0.1, -0.05) is 30.3 Å². The number of allylic oxidation sites excluding steroid dienone is 1. The van der Waals surface area contributed by atoms with Crippen LogP contribution in [0.4, 0.5) is 0 Å². The number of hydrogen-bond donors (Lipinski definition) is 0. The lowest BCUT2D eigenvalue weighted by Crippen LogP contribution is -2.08. The third-order valence-corrected chi connectivity index (χ3v) is 3.08. The molecule has 1 aromatic rings. The number of carbonyl (C=O) groups is 1. The first-order chi connectivity index (χ1) is 7.33. The van der Waals surface area contributed by atoms with E-state index in [0.29, 0.717) is 5.78 Å². The summed E-state index contributed by atoms with van der Waals surface area (Å²) in [6, 6.07) is 7.98. The van der Waals surface area contributed by atoms with Gasteiger partial charge < -0.3 is 0 Å². The molecule has 0 bridgehead atoms. The van der Waals surface area contributed by atoms with Crippen LogP contribution in [0.1, 0.15) is 35.2 Å². The van der Waals surface area contributed by atoms with Crippen LogP contribution in [0.3, 0.4) is 0 Å².